The smallest absolute Gasteiger partial charge is 0.164 e. The molecule has 4 aromatic heterocycles. The van der Waals surface area contributed by atoms with Crippen LogP contribution in [0.1, 0.15) is 0 Å². The highest BCUT2D eigenvalue weighted by Gasteiger charge is 2.20. The Morgan fingerprint density at radius 1 is 0.250 bits per heavy atom. The lowest BCUT2D eigenvalue weighted by molar-refractivity contribution is 1.07. The lowest BCUT2D eigenvalue weighted by Gasteiger charge is -2.12. The van der Waals surface area contributed by atoms with Gasteiger partial charge in [-0.3, -0.25) is 0 Å². The number of hydrogen-bond acceptors (Lipinski definition) is 4. The van der Waals surface area contributed by atoms with E-state index in [0.717, 1.165) is 93.8 Å². The molecule has 6 nitrogen and oxygen atoms in total. The first-order chi connectivity index (χ1) is 31.7. The molecule has 13 rings (SSSR count). The average Bonchev–Trinajstić information content (AvgIpc) is 3.88. The van der Waals surface area contributed by atoms with Crippen molar-refractivity contribution in [1.82, 2.24) is 29.1 Å². The second-order valence-corrected chi connectivity index (χ2v) is 16.3. The van der Waals surface area contributed by atoms with Crippen LogP contribution in [-0.2, 0) is 0 Å². The number of pyridine rings is 1. The molecule has 6 heteroatoms. The van der Waals surface area contributed by atoms with E-state index in [9.17, 15) is 0 Å². The van der Waals surface area contributed by atoms with Crippen molar-refractivity contribution in [2.45, 2.75) is 0 Å². The Hall–Kier alpha value is -8.74. The van der Waals surface area contributed by atoms with Crippen LogP contribution in [0.4, 0.5) is 0 Å². The molecule has 298 valence electrons. The topological polar surface area (TPSA) is 61.4 Å². The van der Waals surface area contributed by atoms with E-state index in [4.69, 9.17) is 19.9 Å². The van der Waals surface area contributed by atoms with Gasteiger partial charge in [-0.2, -0.15) is 0 Å². The first kappa shape index (κ1) is 36.0. The quantitative estimate of drug-likeness (QED) is 0.157. The molecule has 0 saturated heterocycles. The number of aromatic nitrogens is 6. The molecule has 13 aromatic rings. The molecule has 0 radical (unpaired) electrons. The van der Waals surface area contributed by atoms with Gasteiger partial charge in [-0.15, -0.1) is 0 Å². The van der Waals surface area contributed by atoms with Crippen molar-refractivity contribution in [3.8, 4) is 56.8 Å². The molecule has 0 spiro atoms. The summed E-state index contributed by atoms with van der Waals surface area (Å²) >= 11 is 0. The molecule has 4 heterocycles. The summed E-state index contributed by atoms with van der Waals surface area (Å²) in [5.41, 5.74) is 12.4. The minimum absolute atomic E-state index is 0.604. The van der Waals surface area contributed by atoms with Crippen molar-refractivity contribution in [2.24, 2.45) is 0 Å². The van der Waals surface area contributed by atoms with Crippen molar-refractivity contribution in [1.29, 1.82) is 0 Å². The number of hydrogen-bond donors (Lipinski definition) is 0. The predicted molar refractivity (Wildman–Crippen MR) is 263 cm³/mol. The molecule has 0 aliphatic rings. The van der Waals surface area contributed by atoms with Gasteiger partial charge in [-0.25, -0.2) is 19.9 Å². The van der Waals surface area contributed by atoms with Gasteiger partial charge in [-0.1, -0.05) is 146 Å². The van der Waals surface area contributed by atoms with E-state index < -0.39 is 0 Å². The van der Waals surface area contributed by atoms with E-state index in [0.29, 0.717) is 17.5 Å². The van der Waals surface area contributed by atoms with Crippen LogP contribution in [0, 0.1) is 0 Å². The van der Waals surface area contributed by atoms with Crippen LogP contribution in [0.3, 0.4) is 0 Å². The third kappa shape index (κ3) is 5.73. The predicted octanol–water partition coefficient (Wildman–Crippen LogP) is 14.4. The fourth-order valence-corrected chi connectivity index (χ4v) is 9.61. The fraction of sp³-hybridized carbons (Fsp3) is 0. The Bertz CT molecular complexity index is 3890. The lowest BCUT2D eigenvalue weighted by Crippen LogP contribution is -2.01. The molecule has 0 bridgehead atoms. The van der Waals surface area contributed by atoms with E-state index in [-0.39, 0.29) is 0 Å². The third-order valence-electron chi connectivity index (χ3n) is 12.5. The maximum absolute atomic E-state index is 5.29. The summed E-state index contributed by atoms with van der Waals surface area (Å²) in [6.45, 7) is 0. The van der Waals surface area contributed by atoms with Gasteiger partial charge in [-0.05, 0) is 78.2 Å². The Morgan fingerprint density at radius 3 is 1.45 bits per heavy atom. The molecule has 0 N–H and O–H groups in total. The van der Waals surface area contributed by atoms with Crippen LogP contribution >= 0.6 is 0 Å². The summed E-state index contributed by atoms with van der Waals surface area (Å²) in [7, 11) is 0. The van der Waals surface area contributed by atoms with Crippen molar-refractivity contribution >= 4 is 65.3 Å². The molecule has 0 fully saturated rings. The molecule has 0 aliphatic heterocycles. The highest BCUT2D eigenvalue weighted by atomic mass is 15.0. The summed E-state index contributed by atoms with van der Waals surface area (Å²) < 4.78 is 4.70. The Labute approximate surface area is 368 Å². The van der Waals surface area contributed by atoms with Gasteiger partial charge in [0, 0.05) is 65.9 Å². The van der Waals surface area contributed by atoms with Crippen LogP contribution in [0.2, 0.25) is 0 Å². The van der Waals surface area contributed by atoms with Crippen molar-refractivity contribution < 1.29 is 0 Å². The maximum atomic E-state index is 5.29. The van der Waals surface area contributed by atoms with Gasteiger partial charge in [0.15, 0.2) is 17.5 Å². The third-order valence-corrected chi connectivity index (χ3v) is 12.5. The van der Waals surface area contributed by atoms with E-state index >= 15 is 0 Å². The summed E-state index contributed by atoms with van der Waals surface area (Å²) in [6.07, 6.45) is 0. The number of fused-ring (bicyclic) bond motifs is 9. The Kier molecular flexibility index (Phi) is 8.11. The molecule has 9 aromatic carbocycles. The van der Waals surface area contributed by atoms with Gasteiger partial charge < -0.3 is 9.13 Å². The van der Waals surface area contributed by atoms with Crippen molar-refractivity contribution in [3.63, 3.8) is 0 Å². The number of benzene rings is 9. The summed E-state index contributed by atoms with van der Waals surface area (Å²) in [5.74, 6) is 1.83. The van der Waals surface area contributed by atoms with E-state index in [1.807, 2.05) is 18.2 Å². The van der Waals surface area contributed by atoms with Gasteiger partial charge in [0.1, 0.15) is 0 Å². The van der Waals surface area contributed by atoms with Gasteiger partial charge in [0.05, 0.1) is 33.3 Å². The second kappa shape index (κ2) is 14.4. The SMILES string of the molecule is c1ccc(-c2nc(-c3cccc(-n4c5ccccc5c5ccccc54)c3)nc(-c3ccc4c(c3)c3cc5c(-c6ccccc6)nc6ccccc6c5cc3n4-c3ccccc3)n2)cc1. The Balaban J connectivity index is 1.05. The molecule has 0 unspecified atom stereocenters. The van der Waals surface area contributed by atoms with Gasteiger partial charge in [0.25, 0.3) is 0 Å². The molecule has 64 heavy (non-hydrogen) atoms. The zero-order valence-corrected chi connectivity index (χ0v) is 34.5. The second-order valence-electron chi connectivity index (χ2n) is 16.3. The molecule has 0 aliphatic carbocycles. The summed E-state index contributed by atoms with van der Waals surface area (Å²) in [4.78, 5) is 20.9. The monoisotopic (exact) mass is 816 g/mol. The van der Waals surface area contributed by atoms with Gasteiger partial charge >= 0.3 is 0 Å². The van der Waals surface area contributed by atoms with Crippen LogP contribution < -0.4 is 0 Å². The van der Waals surface area contributed by atoms with Crippen LogP contribution in [0.25, 0.3) is 122 Å². The standard InChI is InChI=1S/C58H36N6/c1-4-17-37(18-5-1)55-49-35-48-47-34-40(31-32-53(47)63(41-22-8-3-9-23-41)54(48)36-46(49)43-25-10-13-28-50(43)59-55)58-61-56(38-19-6-2-7-20-38)60-57(62-58)39-21-16-24-42(33-39)64-51-29-14-11-26-44(51)45-27-12-15-30-52(45)64/h1-36H. The van der Waals surface area contributed by atoms with Gasteiger partial charge in [0.2, 0.25) is 0 Å². The number of para-hydroxylation sites is 4. The Morgan fingerprint density at radius 2 is 0.750 bits per heavy atom. The van der Waals surface area contributed by atoms with Crippen LogP contribution in [0.5, 0.6) is 0 Å². The molecular weight excluding hydrogens is 781 g/mol. The summed E-state index contributed by atoms with van der Waals surface area (Å²) in [6, 6.07) is 76.8. The zero-order chi connectivity index (χ0) is 42.1. The minimum Gasteiger partial charge on any atom is -0.309 e. The van der Waals surface area contributed by atoms with Crippen LogP contribution in [-0.4, -0.2) is 29.1 Å². The molecular formula is C58H36N6. The van der Waals surface area contributed by atoms with Crippen LogP contribution in [0.15, 0.2) is 218 Å². The summed E-state index contributed by atoms with van der Waals surface area (Å²) in [5, 5.41) is 8.05. The minimum atomic E-state index is 0.604. The molecule has 0 atom stereocenters. The molecule has 0 amide bonds. The highest BCUT2D eigenvalue weighted by molar-refractivity contribution is 6.20. The first-order valence-electron chi connectivity index (χ1n) is 21.6. The van der Waals surface area contributed by atoms with E-state index in [2.05, 4.69) is 209 Å². The number of rotatable bonds is 6. The lowest BCUT2D eigenvalue weighted by atomic mass is 9.97. The first-order valence-corrected chi connectivity index (χ1v) is 21.6. The van der Waals surface area contributed by atoms with E-state index in [1.54, 1.807) is 0 Å². The highest BCUT2D eigenvalue weighted by Crippen LogP contribution is 2.41. The molecule has 0 saturated carbocycles. The average molecular weight is 817 g/mol. The fourth-order valence-electron chi connectivity index (χ4n) is 9.61. The maximum Gasteiger partial charge on any atom is 0.164 e. The number of nitrogens with zero attached hydrogens (tertiary/aromatic N) is 6. The largest absolute Gasteiger partial charge is 0.309 e. The normalized spacial score (nSPS) is 11.8. The van der Waals surface area contributed by atoms with Crippen molar-refractivity contribution in [2.75, 3.05) is 0 Å². The van der Waals surface area contributed by atoms with E-state index in [1.165, 1.54) is 10.8 Å². The van der Waals surface area contributed by atoms with Crippen molar-refractivity contribution in [3.05, 3.63) is 218 Å². The zero-order valence-electron chi connectivity index (χ0n) is 34.5.